The Balaban J connectivity index is 1.86. The van der Waals surface area contributed by atoms with E-state index in [-0.39, 0.29) is 18.2 Å². The molecule has 118 valence electrons. The maximum atomic E-state index is 13.3. The van der Waals surface area contributed by atoms with Gasteiger partial charge in [0.15, 0.2) is 0 Å². The smallest absolute Gasteiger partial charge is 0.232 e. The lowest BCUT2D eigenvalue weighted by Crippen LogP contribution is -2.30. The number of rotatable bonds is 3. The Kier molecular flexibility index (Phi) is 3.97. The molecule has 0 unspecified atom stereocenters. The zero-order chi connectivity index (χ0) is 16.4. The van der Waals surface area contributed by atoms with Crippen molar-refractivity contribution in [2.75, 3.05) is 17.7 Å². The van der Waals surface area contributed by atoms with Gasteiger partial charge in [-0.25, -0.2) is 4.39 Å². The van der Waals surface area contributed by atoms with Crippen molar-refractivity contribution >= 4 is 23.2 Å². The van der Waals surface area contributed by atoms with E-state index in [1.807, 2.05) is 0 Å². The Bertz CT molecular complexity index is 776. The van der Waals surface area contributed by atoms with Gasteiger partial charge in [-0.2, -0.15) is 0 Å². The zero-order valence-corrected chi connectivity index (χ0v) is 12.4. The first-order chi connectivity index (χ1) is 11.1. The molecule has 0 saturated carbocycles. The van der Waals surface area contributed by atoms with Gasteiger partial charge in [0.05, 0.1) is 13.0 Å². The first-order valence-corrected chi connectivity index (χ1v) is 7.11. The molecule has 2 aromatic carbocycles. The lowest BCUT2D eigenvalue weighted by atomic mass is 9.89. The molecule has 2 amide bonds. The quantitative estimate of drug-likeness (QED) is 0.915. The van der Waals surface area contributed by atoms with E-state index in [0.29, 0.717) is 22.7 Å². The van der Waals surface area contributed by atoms with E-state index in [0.717, 1.165) is 0 Å². The predicted octanol–water partition coefficient (Wildman–Crippen LogP) is 2.90. The van der Waals surface area contributed by atoms with Crippen LogP contribution in [0.4, 0.5) is 15.8 Å². The molecule has 6 heteroatoms. The predicted molar refractivity (Wildman–Crippen MR) is 84.0 cm³/mol. The Labute approximate surface area is 132 Å². The van der Waals surface area contributed by atoms with Crippen molar-refractivity contribution in [1.29, 1.82) is 0 Å². The third kappa shape index (κ3) is 3.15. The fraction of sp³-hybridized carbons (Fsp3) is 0.176. The number of halogens is 1. The molecule has 5 nitrogen and oxygen atoms in total. The van der Waals surface area contributed by atoms with Crippen LogP contribution in [0.1, 0.15) is 17.9 Å². The Hall–Kier alpha value is -2.89. The number of hydrogen-bond acceptors (Lipinski definition) is 3. The lowest BCUT2D eigenvalue weighted by Gasteiger charge is -2.25. The van der Waals surface area contributed by atoms with Crippen molar-refractivity contribution in [2.24, 2.45) is 0 Å². The van der Waals surface area contributed by atoms with E-state index < -0.39 is 11.7 Å². The van der Waals surface area contributed by atoms with Crippen LogP contribution in [0.3, 0.4) is 0 Å². The van der Waals surface area contributed by atoms with Gasteiger partial charge in [0.25, 0.3) is 0 Å². The minimum Gasteiger partial charge on any atom is -0.497 e. The lowest BCUT2D eigenvalue weighted by molar-refractivity contribution is -0.123. The van der Waals surface area contributed by atoms with Crippen LogP contribution in [-0.2, 0) is 9.59 Å². The van der Waals surface area contributed by atoms with E-state index in [1.54, 1.807) is 24.3 Å². The molecule has 23 heavy (non-hydrogen) atoms. The maximum Gasteiger partial charge on any atom is 0.232 e. The summed E-state index contributed by atoms with van der Waals surface area (Å²) in [5.41, 5.74) is 1.52. The van der Waals surface area contributed by atoms with Crippen molar-refractivity contribution < 1.29 is 18.7 Å². The van der Waals surface area contributed by atoms with Gasteiger partial charge in [-0.05, 0) is 29.8 Å². The molecule has 0 aromatic heterocycles. The van der Waals surface area contributed by atoms with Crippen molar-refractivity contribution in [3.8, 4) is 5.75 Å². The highest BCUT2D eigenvalue weighted by atomic mass is 19.1. The third-order valence-corrected chi connectivity index (χ3v) is 3.71. The van der Waals surface area contributed by atoms with Gasteiger partial charge in [-0.15, -0.1) is 0 Å². The average molecular weight is 314 g/mol. The second kappa shape index (κ2) is 6.08. The van der Waals surface area contributed by atoms with E-state index in [1.165, 1.54) is 25.3 Å². The third-order valence-electron chi connectivity index (χ3n) is 3.71. The van der Waals surface area contributed by atoms with Gasteiger partial charge in [-0.3, -0.25) is 9.59 Å². The minimum atomic E-state index is -0.662. The second-order valence-corrected chi connectivity index (χ2v) is 5.26. The van der Waals surface area contributed by atoms with Gasteiger partial charge in [0.1, 0.15) is 11.6 Å². The molecule has 2 aromatic rings. The number of fused-ring (bicyclic) bond motifs is 1. The van der Waals surface area contributed by atoms with E-state index in [2.05, 4.69) is 10.6 Å². The summed E-state index contributed by atoms with van der Waals surface area (Å²) in [6.45, 7) is 0. The summed E-state index contributed by atoms with van der Waals surface area (Å²) in [4.78, 5) is 24.3. The molecule has 1 aliphatic heterocycles. The fourth-order valence-corrected chi connectivity index (χ4v) is 2.60. The van der Waals surface area contributed by atoms with Crippen LogP contribution in [0.15, 0.2) is 42.5 Å². The summed E-state index contributed by atoms with van der Waals surface area (Å²) in [7, 11) is 1.54. The monoisotopic (exact) mass is 314 g/mol. The van der Waals surface area contributed by atoms with Gasteiger partial charge in [-0.1, -0.05) is 12.1 Å². The standard InChI is InChI=1S/C17H15FN2O3/c1-23-12-4-2-3-11(8-12)19-17(22)14-9-16(21)20-15-7-10(18)5-6-13(14)15/h2-8,14H,9H2,1H3,(H,19,22)(H,20,21)/t14-/m0/s1. The van der Waals surface area contributed by atoms with Gasteiger partial charge >= 0.3 is 0 Å². The highest BCUT2D eigenvalue weighted by Gasteiger charge is 2.31. The first-order valence-electron chi connectivity index (χ1n) is 7.11. The van der Waals surface area contributed by atoms with Crippen LogP contribution < -0.4 is 15.4 Å². The van der Waals surface area contributed by atoms with Gasteiger partial charge < -0.3 is 15.4 Å². The highest BCUT2D eigenvalue weighted by Crippen LogP contribution is 2.33. The SMILES string of the molecule is COc1cccc(NC(=O)[C@H]2CC(=O)Nc3cc(F)ccc32)c1. The van der Waals surface area contributed by atoms with Gasteiger partial charge in [0.2, 0.25) is 11.8 Å². The zero-order valence-electron chi connectivity index (χ0n) is 12.4. The number of carbonyl (C=O) groups excluding carboxylic acids is 2. The van der Waals surface area contributed by atoms with Crippen LogP contribution >= 0.6 is 0 Å². The normalized spacial score (nSPS) is 16.3. The van der Waals surface area contributed by atoms with Crippen LogP contribution in [0, 0.1) is 5.82 Å². The number of nitrogens with one attached hydrogen (secondary N) is 2. The molecule has 3 rings (SSSR count). The molecule has 0 aliphatic carbocycles. The first kappa shape index (κ1) is 15.0. The van der Waals surface area contributed by atoms with Crippen LogP contribution in [0.5, 0.6) is 5.75 Å². The maximum absolute atomic E-state index is 13.3. The molecule has 0 saturated heterocycles. The van der Waals surface area contributed by atoms with Crippen molar-refractivity contribution in [2.45, 2.75) is 12.3 Å². The van der Waals surface area contributed by atoms with Crippen molar-refractivity contribution in [1.82, 2.24) is 0 Å². The summed E-state index contributed by atoms with van der Waals surface area (Å²) in [5.74, 6) is -1.13. The number of anilines is 2. The Morgan fingerprint density at radius 1 is 1.30 bits per heavy atom. The number of amides is 2. The molecule has 0 spiro atoms. The number of ether oxygens (including phenoxy) is 1. The van der Waals surface area contributed by atoms with Crippen molar-refractivity contribution in [3.05, 3.63) is 53.8 Å². The molecule has 1 heterocycles. The Morgan fingerprint density at radius 3 is 2.91 bits per heavy atom. The molecule has 2 N–H and O–H groups in total. The molecule has 1 atom stereocenters. The number of benzene rings is 2. The molecular formula is C17H15FN2O3. The topological polar surface area (TPSA) is 67.4 Å². The summed E-state index contributed by atoms with van der Waals surface area (Å²) < 4.78 is 18.4. The minimum absolute atomic E-state index is 0.0223. The van der Waals surface area contributed by atoms with E-state index >= 15 is 0 Å². The number of hydrogen-bond donors (Lipinski definition) is 2. The second-order valence-electron chi connectivity index (χ2n) is 5.26. The molecule has 1 aliphatic rings. The largest absolute Gasteiger partial charge is 0.497 e. The molecule has 0 fully saturated rings. The van der Waals surface area contributed by atoms with Crippen LogP contribution in [-0.4, -0.2) is 18.9 Å². The summed E-state index contributed by atoms with van der Waals surface area (Å²) >= 11 is 0. The molecule has 0 radical (unpaired) electrons. The van der Waals surface area contributed by atoms with Gasteiger partial charge in [0, 0.05) is 23.9 Å². The fourth-order valence-electron chi connectivity index (χ4n) is 2.60. The average Bonchev–Trinajstić information content (AvgIpc) is 2.53. The van der Waals surface area contributed by atoms with Crippen LogP contribution in [0.25, 0.3) is 0 Å². The van der Waals surface area contributed by atoms with E-state index in [4.69, 9.17) is 4.74 Å². The number of methoxy groups -OCH3 is 1. The van der Waals surface area contributed by atoms with E-state index in [9.17, 15) is 14.0 Å². The number of carbonyl (C=O) groups is 2. The molecule has 0 bridgehead atoms. The Morgan fingerprint density at radius 2 is 2.13 bits per heavy atom. The highest BCUT2D eigenvalue weighted by molar-refractivity contribution is 6.05. The summed E-state index contributed by atoms with van der Waals surface area (Å²) in [6, 6.07) is 11.0. The van der Waals surface area contributed by atoms with Crippen LogP contribution in [0.2, 0.25) is 0 Å². The van der Waals surface area contributed by atoms with Crippen molar-refractivity contribution in [3.63, 3.8) is 0 Å². The summed E-state index contributed by atoms with van der Waals surface area (Å²) in [5, 5.41) is 5.36. The molecular weight excluding hydrogens is 299 g/mol. The summed E-state index contributed by atoms with van der Waals surface area (Å²) in [6.07, 6.45) is 0.0223.